The van der Waals surface area contributed by atoms with E-state index in [1.54, 1.807) is 42.5 Å². The van der Waals surface area contributed by atoms with E-state index in [0.29, 0.717) is 33.5 Å². The van der Waals surface area contributed by atoms with E-state index in [1.807, 2.05) is 0 Å². The zero-order valence-electron chi connectivity index (χ0n) is 14.7. The molecular formula is C21H13F3N2O3. The molecule has 29 heavy (non-hydrogen) atoms. The van der Waals surface area contributed by atoms with Crippen molar-refractivity contribution in [3.63, 3.8) is 0 Å². The topological polar surface area (TPSA) is 75.2 Å². The minimum Gasteiger partial charge on any atom is -0.478 e. The zero-order chi connectivity index (χ0) is 20.6. The molecule has 2 N–H and O–H groups in total. The van der Waals surface area contributed by atoms with Gasteiger partial charge in [0.2, 0.25) is 0 Å². The highest BCUT2D eigenvalue weighted by Gasteiger charge is 2.31. The summed E-state index contributed by atoms with van der Waals surface area (Å²) in [4.78, 5) is 18.8. The number of H-pyrrole nitrogens is 1. The van der Waals surface area contributed by atoms with Crippen LogP contribution in [0.25, 0.3) is 33.5 Å². The van der Waals surface area contributed by atoms with Crippen molar-refractivity contribution >= 4 is 17.0 Å². The Morgan fingerprint density at radius 2 is 1.62 bits per heavy atom. The van der Waals surface area contributed by atoms with Gasteiger partial charge < -0.3 is 14.8 Å². The maximum absolute atomic E-state index is 12.4. The Labute approximate surface area is 162 Å². The SMILES string of the molecule is O=C(O)c1cccc2nc(-c3ccc(-c4cccc(OC(F)(F)F)c4)cc3)[nH]c12. The summed E-state index contributed by atoms with van der Waals surface area (Å²) in [7, 11) is 0. The van der Waals surface area contributed by atoms with Gasteiger partial charge in [-0.15, -0.1) is 13.2 Å². The number of hydrogen-bond acceptors (Lipinski definition) is 3. The van der Waals surface area contributed by atoms with Crippen LogP contribution in [0.5, 0.6) is 5.75 Å². The molecular weight excluding hydrogens is 385 g/mol. The van der Waals surface area contributed by atoms with Crippen LogP contribution in [0.2, 0.25) is 0 Å². The molecule has 0 aliphatic rings. The fourth-order valence-corrected chi connectivity index (χ4v) is 3.04. The standard InChI is InChI=1S/C21H13F3N2O3/c22-21(23,24)29-15-4-1-3-14(11-15)12-7-9-13(10-8-12)19-25-17-6-2-5-16(20(27)28)18(17)26-19/h1-11H,(H,25,26)(H,27,28). The lowest BCUT2D eigenvalue weighted by Crippen LogP contribution is -2.17. The number of ether oxygens (including phenoxy) is 1. The van der Waals surface area contributed by atoms with Crippen LogP contribution in [0.4, 0.5) is 13.2 Å². The van der Waals surface area contributed by atoms with Crippen molar-refractivity contribution in [3.8, 4) is 28.3 Å². The second-order valence-corrected chi connectivity index (χ2v) is 6.24. The van der Waals surface area contributed by atoms with Gasteiger partial charge in [0.05, 0.1) is 16.6 Å². The minimum atomic E-state index is -4.75. The van der Waals surface area contributed by atoms with Gasteiger partial charge in [-0.2, -0.15) is 0 Å². The molecule has 8 heteroatoms. The Morgan fingerprint density at radius 1 is 0.931 bits per heavy atom. The van der Waals surface area contributed by atoms with E-state index in [0.717, 1.165) is 0 Å². The molecule has 1 heterocycles. The van der Waals surface area contributed by atoms with E-state index in [9.17, 15) is 23.1 Å². The minimum absolute atomic E-state index is 0.124. The fourth-order valence-electron chi connectivity index (χ4n) is 3.04. The first-order valence-electron chi connectivity index (χ1n) is 8.49. The number of para-hydroxylation sites is 1. The van der Waals surface area contributed by atoms with Crippen LogP contribution in [0, 0.1) is 0 Å². The number of aromatic amines is 1. The average Bonchev–Trinajstić information content (AvgIpc) is 3.11. The first-order chi connectivity index (χ1) is 13.8. The molecule has 0 radical (unpaired) electrons. The highest BCUT2D eigenvalue weighted by molar-refractivity contribution is 6.01. The fraction of sp³-hybridized carbons (Fsp3) is 0.0476. The van der Waals surface area contributed by atoms with Crippen LogP contribution < -0.4 is 4.74 Å². The van der Waals surface area contributed by atoms with Gasteiger partial charge in [-0.25, -0.2) is 9.78 Å². The molecule has 3 aromatic carbocycles. The molecule has 4 rings (SSSR count). The maximum atomic E-state index is 12.4. The Kier molecular flexibility index (Phi) is 4.46. The largest absolute Gasteiger partial charge is 0.573 e. The van der Waals surface area contributed by atoms with Gasteiger partial charge >= 0.3 is 12.3 Å². The highest BCUT2D eigenvalue weighted by atomic mass is 19.4. The molecule has 0 bridgehead atoms. The summed E-state index contributed by atoms with van der Waals surface area (Å²) in [6.45, 7) is 0. The molecule has 0 aliphatic heterocycles. The maximum Gasteiger partial charge on any atom is 0.573 e. The highest BCUT2D eigenvalue weighted by Crippen LogP contribution is 2.30. The predicted octanol–water partition coefficient (Wildman–Crippen LogP) is 5.49. The summed E-state index contributed by atoms with van der Waals surface area (Å²) < 4.78 is 41.2. The molecule has 1 aromatic heterocycles. The lowest BCUT2D eigenvalue weighted by molar-refractivity contribution is -0.274. The van der Waals surface area contributed by atoms with Crippen molar-refractivity contribution in [2.24, 2.45) is 0 Å². The second kappa shape index (κ2) is 6.97. The number of imidazole rings is 1. The molecule has 0 saturated carbocycles. The summed E-state index contributed by atoms with van der Waals surface area (Å²) >= 11 is 0. The lowest BCUT2D eigenvalue weighted by Gasteiger charge is -2.10. The van der Waals surface area contributed by atoms with Crippen molar-refractivity contribution in [2.75, 3.05) is 0 Å². The molecule has 5 nitrogen and oxygen atoms in total. The van der Waals surface area contributed by atoms with Crippen LogP contribution in [-0.4, -0.2) is 27.4 Å². The van der Waals surface area contributed by atoms with Gasteiger partial charge in [0.15, 0.2) is 0 Å². The number of carboxylic acid groups (broad SMARTS) is 1. The number of hydrogen-bond donors (Lipinski definition) is 2. The van der Waals surface area contributed by atoms with Gasteiger partial charge in [-0.3, -0.25) is 0 Å². The first kappa shape index (κ1) is 18.5. The van der Waals surface area contributed by atoms with Crippen LogP contribution in [-0.2, 0) is 0 Å². The molecule has 0 spiro atoms. The molecule has 0 aliphatic carbocycles. The van der Waals surface area contributed by atoms with E-state index in [1.165, 1.54) is 24.3 Å². The molecule has 0 amide bonds. The molecule has 4 aromatic rings. The van der Waals surface area contributed by atoms with Gasteiger partial charge in [0.1, 0.15) is 11.6 Å². The number of aromatic carboxylic acids is 1. The first-order valence-corrected chi connectivity index (χ1v) is 8.49. The van der Waals surface area contributed by atoms with Crippen molar-refractivity contribution in [3.05, 3.63) is 72.3 Å². The number of aromatic nitrogens is 2. The number of alkyl halides is 3. The molecule has 0 fully saturated rings. The molecule has 146 valence electrons. The smallest absolute Gasteiger partial charge is 0.478 e. The summed E-state index contributed by atoms with van der Waals surface area (Å²) in [5, 5.41) is 9.29. The normalized spacial score (nSPS) is 11.6. The van der Waals surface area contributed by atoms with Crippen molar-refractivity contribution in [1.82, 2.24) is 9.97 Å². The quantitative estimate of drug-likeness (QED) is 0.476. The van der Waals surface area contributed by atoms with E-state index in [4.69, 9.17) is 0 Å². The average molecular weight is 398 g/mol. The number of carboxylic acids is 1. The van der Waals surface area contributed by atoms with Crippen LogP contribution >= 0.6 is 0 Å². The third-order valence-electron chi connectivity index (χ3n) is 4.31. The number of fused-ring (bicyclic) bond motifs is 1. The van der Waals surface area contributed by atoms with E-state index in [-0.39, 0.29) is 11.3 Å². The zero-order valence-corrected chi connectivity index (χ0v) is 14.7. The Hall–Kier alpha value is -3.81. The van der Waals surface area contributed by atoms with Crippen molar-refractivity contribution < 1.29 is 27.8 Å². The number of halogens is 3. The second-order valence-electron chi connectivity index (χ2n) is 6.24. The third-order valence-corrected chi connectivity index (χ3v) is 4.31. The number of rotatable bonds is 4. The summed E-state index contributed by atoms with van der Waals surface area (Å²) in [5.74, 6) is -0.853. The molecule has 0 unspecified atom stereocenters. The molecule has 0 saturated heterocycles. The molecule has 0 atom stereocenters. The monoisotopic (exact) mass is 398 g/mol. The van der Waals surface area contributed by atoms with E-state index >= 15 is 0 Å². The third kappa shape index (κ3) is 3.91. The van der Waals surface area contributed by atoms with Crippen molar-refractivity contribution in [2.45, 2.75) is 6.36 Å². The Balaban J connectivity index is 1.65. The van der Waals surface area contributed by atoms with E-state index in [2.05, 4.69) is 14.7 Å². The van der Waals surface area contributed by atoms with Crippen LogP contribution in [0.15, 0.2) is 66.7 Å². The summed E-state index contributed by atoms with van der Waals surface area (Å²) in [5.41, 5.74) is 3.06. The Bertz CT molecular complexity index is 1200. The summed E-state index contributed by atoms with van der Waals surface area (Å²) in [6, 6.07) is 17.5. The Morgan fingerprint density at radius 3 is 2.31 bits per heavy atom. The van der Waals surface area contributed by atoms with Crippen LogP contribution in [0.1, 0.15) is 10.4 Å². The van der Waals surface area contributed by atoms with Crippen LogP contribution in [0.3, 0.4) is 0 Å². The van der Waals surface area contributed by atoms with Gasteiger partial charge in [0, 0.05) is 5.56 Å². The van der Waals surface area contributed by atoms with Gasteiger partial charge in [-0.05, 0) is 35.4 Å². The number of benzene rings is 3. The van der Waals surface area contributed by atoms with Gasteiger partial charge in [-0.1, -0.05) is 42.5 Å². The lowest BCUT2D eigenvalue weighted by atomic mass is 10.0. The number of nitrogens with one attached hydrogen (secondary N) is 1. The number of nitrogens with zero attached hydrogens (tertiary/aromatic N) is 1. The van der Waals surface area contributed by atoms with Crippen molar-refractivity contribution in [1.29, 1.82) is 0 Å². The predicted molar refractivity (Wildman–Crippen MR) is 101 cm³/mol. The summed E-state index contributed by atoms with van der Waals surface area (Å²) in [6.07, 6.45) is -4.75. The van der Waals surface area contributed by atoms with Gasteiger partial charge in [0.25, 0.3) is 0 Å². The number of carbonyl (C=O) groups is 1. The van der Waals surface area contributed by atoms with E-state index < -0.39 is 12.3 Å².